The SMILES string of the molecule is COc1cc(C)nc2cc(CC(C)(C)CN)ccc12. The van der Waals surface area contributed by atoms with Crippen LogP contribution in [0.15, 0.2) is 24.3 Å². The minimum absolute atomic E-state index is 0.113. The summed E-state index contributed by atoms with van der Waals surface area (Å²) in [6.45, 7) is 7.02. The highest BCUT2D eigenvalue weighted by Crippen LogP contribution is 2.28. The zero-order valence-corrected chi connectivity index (χ0v) is 12.2. The molecule has 2 aromatic rings. The van der Waals surface area contributed by atoms with Gasteiger partial charge in [0.15, 0.2) is 0 Å². The molecule has 2 rings (SSSR count). The van der Waals surface area contributed by atoms with Crippen molar-refractivity contribution in [2.75, 3.05) is 13.7 Å². The Morgan fingerprint density at radius 1 is 1.26 bits per heavy atom. The summed E-state index contributed by atoms with van der Waals surface area (Å²) in [7, 11) is 1.69. The standard InChI is InChI=1S/C16H22N2O/c1-11-7-15(19-4)13-6-5-12(8-14(13)18-11)9-16(2,3)10-17/h5-8H,9-10,17H2,1-4H3. The minimum Gasteiger partial charge on any atom is -0.496 e. The number of rotatable bonds is 4. The molecule has 0 saturated heterocycles. The van der Waals surface area contributed by atoms with Gasteiger partial charge in [-0.1, -0.05) is 19.9 Å². The lowest BCUT2D eigenvalue weighted by molar-refractivity contribution is 0.377. The van der Waals surface area contributed by atoms with Crippen molar-refractivity contribution < 1.29 is 4.74 Å². The van der Waals surface area contributed by atoms with E-state index in [2.05, 4.69) is 37.0 Å². The van der Waals surface area contributed by atoms with Crippen molar-refractivity contribution >= 4 is 10.9 Å². The molecule has 0 unspecified atom stereocenters. The molecule has 0 bridgehead atoms. The van der Waals surface area contributed by atoms with Gasteiger partial charge in [-0.2, -0.15) is 0 Å². The third kappa shape index (κ3) is 3.04. The van der Waals surface area contributed by atoms with Crippen molar-refractivity contribution in [3.8, 4) is 5.75 Å². The molecule has 0 fully saturated rings. The van der Waals surface area contributed by atoms with Crippen LogP contribution in [0, 0.1) is 12.3 Å². The fraction of sp³-hybridized carbons (Fsp3) is 0.438. The fourth-order valence-electron chi connectivity index (χ4n) is 2.27. The number of ether oxygens (including phenoxy) is 1. The van der Waals surface area contributed by atoms with E-state index in [-0.39, 0.29) is 5.41 Å². The fourth-order valence-corrected chi connectivity index (χ4v) is 2.27. The van der Waals surface area contributed by atoms with Crippen molar-refractivity contribution in [1.29, 1.82) is 0 Å². The van der Waals surface area contributed by atoms with Gasteiger partial charge in [0.05, 0.1) is 12.6 Å². The van der Waals surface area contributed by atoms with Crippen molar-refractivity contribution in [2.45, 2.75) is 27.2 Å². The number of methoxy groups -OCH3 is 1. The number of fused-ring (bicyclic) bond motifs is 1. The number of benzene rings is 1. The molecule has 0 spiro atoms. The van der Waals surface area contributed by atoms with Crippen LogP contribution in [-0.2, 0) is 6.42 Å². The first-order chi connectivity index (χ1) is 8.95. The zero-order valence-electron chi connectivity index (χ0n) is 12.2. The Balaban J connectivity index is 2.46. The van der Waals surface area contributed by atoms with Gasteiger partial charge in [0.2, 0.25) is 0 Å². The molecule has 0 saturated carbocycles. The van der Waals surface area contributed by atoms with E-state index in [0.717, 1.165) is 28.8 Å². The summed E-state index contributed by atoms with van der Waals surface area (Å²) >= 11 is 0. The zero-order chi connectivity index (χ0) is 14.0. The second kappa shape index (κ2) is 5.17. The molecule has 19 heavy (non-hydrogen) atoms. The number of nitrogens with zero attached hydrogens (tertiary/aromatic N) is 1. The smallest absolute Gasteiger partial charge is 0.130 e. The molecule has 0 amide bonds. The normalized spacial score (nSPS) is 11.8. The van der Waals surface area contributed by atoms with E-state index >= 15 is 0 Å². The van der Waals surface area contributed by atoms with Gasteiger partial charge in [-0.05, 0) is 43.0 Å². The van der Waals surface area contributed by atoms with E-state index in [4.69, 9.17) is 10.5 Å². The molecular weight excluding hydrogens is 236 g/mol. The number of pyridine rings is 1. The predicted molar refractivity (Wildman–Crippen MR) is 79.6 cm³/mol. The maximum atomic E-state index is 5.80. The second-order valence-corrected chi connectivity index (χ2v) is 5.86. The molecular formula is C16H22N2O. The summed E-state index contributed by atoms with van der Waals surface area (Å²) in [5.41, 5.74) is 9.14. The molecule has 0 radical (unpaired) electrons. The summed E-state index contributed by atoms with van der Waals surface area (Å²) in [4.78, 5) is 4.59. The van der Waals surface area contributed by atoms with Crippen molar-refractivity contribution in [3.05, 3.63) is 35.5 Å². The summed E-state index contributed by atoms with van der Waals surface area (Å²) < 4.78 is 5.41. The van der Waals surface area contributed by atoms with Crippen LogP contribution in [0.5, 0.6) is 5.75 Å². The molecule has 2 N–H and O–H groups in total. The Labute approximate surface area is 114 Å². The Morgan fingerprint density at radius 2 is 2.00 bits per heavy atom. The predicted octanol–water partition coefficient (Wildman–Crippen LogP) is 3.08. The number of hydrogen-bond donors (Lipinski definition) is 1. The molecule has 0 atom stereocenters. The molecule has 1 aromatic heterocycles. The van der Waals surface area contributed by atoms with Crippen molar-refractivity contribution in [3.63, 3.8) is 0 Å². The van der Waals surface area contributed by atoms with Crippen LogP contribution in [0.4, 0.5) is 0 Å². The van der Waals surface area contributed by atoms with E-state index in [9.17, 15) is 0 Å². The van der Waals surface area contributed by atoms with Gasteiger partial charge >= 0.3 is 0 Å². The lowest BCUT2D eigenvalue weighted by atomic mass is 9.86. The molecule has 1 heterocycles. The van der Waals surface area contributed by atoms with Gasteiger partial charge in [0, 0.05) is 17.1 Å². The highest BCUT2D eigenvalue weighted by atomic mass is 16.5. The van der Waals surface area contributed by atoms with Gasteiger partial charge in [0.25, 0.3) is 0 Å². The molecule has 0 aliphatic heterocycles. The average Bonchev–Trinajstić information content (AvgIpc) is 2.36. The van der Waals surface area contributed by atoms with Crippen LogP contribution < -0.4 is 10.5 Å². The van der Waals surface area contributed by atoms with Crippen LogP contribution in [0.25, 0.3) is 10.9 Å². The van der Waals surface area contributed by atoms with Gasteiger partial charge in [0.1, 0.15) is 5.75 Å². The van der Waals surface area contributed by atoms with Gasteiger partial charge in [-0.25, -0.2) is 0 Å². The molecule has 102 valence electrons. The van der Waals surface area contributed by atoms with Crippen molar-refractivity contribution in [2.24, 2.45) is 11.1 Å². The van der Waals surface area contributed by atoms with Gasteiger partial charge in [-0.15, -0.1) is 0 Å². The monoisotopic (exact) mass is 258 g/mol. The quantitative estimate of drug-likeness (QED) is 0.916. The molecule has 1 aromatic carbocycles. The van der Waals surface area contributed by atoms with E-state index in [1.54, 1.807) is 7.11 Å². The van der Waals surface area contributed by atoms with Crippen LogP contribution in [0.1, 0.15) is 25.1 Å². The molecule has 0 aliphatic carbocycles. The first-order valence-electron chi connectivity index (χ1n) is 6.59. The molecule has 0 aliphatic rings. The maximum absolute atomic E-state index is 5.80. The number of aryl methyl sites for hydroxylation is 1. The van der Waals surface area contributed by atoms with E-state index in [0.29, 0.717) is 6.54 Å². The molecule has 3 heteroatoms. The van der Waals surface area contributed by atoms with Crippen LogP contribution >= 0.6 is 0 Å². The average molecular weight is 258 g/mol. The highest BCUT2D eigenvalue weighted by Gasteiger charge is 2.16. The summed E-state index contributed by atoms with van der Waals surface area (Å²) in [6.07, 6.45) is 0.956. The topological polar surface area (TPSA) is 48.1 Å². The lowest BCUT2D eigenvalue weighted by Gasteiger charge is -2.22. The van der Waals surface area contributed by atoms with E-state index in [1.165, 1.54) is 5.56 Å². The van der Waals surface area contributed by atoms with E-state index in [1.807, 2.05) is 13.0 Å². The minimum atomic E-state index is 0.113. The highest BCUT2D eigenvalue weighted by molar-refractivity contribution is 5.85. The number of nitrogens with two attached hydrogens (primary N) is 1. The molecule has 3 nitrogen and oxygen atoms in total. The van der Waals surface area contributed by atoms with Gasteiger partial charge < -0.3 is 10.5 Å². The largest absolute Gasteiger partial charge is 0.496 e. The van der Waals surface area contributed by atoms with Gasteiger partial charge in [-0.3, -0.25) is 4.98 Å². The first kappa shape index (κ1) is 13.8. The number of hydrogen-bond acceptors (Lipinski definition) is 3. The third-order valence-electron chi connectivity index (χ3n) is 3.42. The maximum Gasteiger partial charge on any atom is 0.130 e. The second-order valence-electron chi connectivity index (χ2n) is 5.86. The lowest BCUT2D eigenvalue weighted by Crippen LogP contribution is -2.25. The summed E-state index contributed by atoms with van der Waals surface area (Å²) in [5, 5.41) is 1.06. The Kier molecular flexibility index (Phi) is 3.76. The van der Waals surface area contributed by atoms with Crippen LogP contribution in [0.3, 0.4) is 0 Å². The summed E-state index contributed by atoms with van der Waals surface area (Å²) in [6, 6.07) is 8.33. The van der Waals surface area contributed by atoms with E-state index < -0.39 is 0 Å². The van der Waals surface area contributed by atoms with Crippen LogP contribution in [-0.4, -0.2) is 18.6 Å². The van der Waals surface area contributed by atoms with Crippen molar-refractivity contribution in [1.82, 2.24) is 4.98 Å². The number of aromatic nitrogens is 1. The Morgan fingerprint density at radius 3 is 2.63 bits per heavy atom. The first-order valence-corrected chi connectivity index (χ1v) is 6.59. The Hall–Kier alpha value is -1.61. The van der Waals surface area contributed by atoms with Crippen LogP contribution in [0.2, 0.25) is 0 Å². The summed E-state index contributed by atoms with van der Waals surface area (Å²) in [5.74, 6) is 0.882. The third-order valence-corrected chi connectivity index (χ3v) is 3.42. The Bertz CT molecular complexity index is 591.